The Labute approximate surface area is 163 Å². The quantitative estimate of drug-likeness (QED) is 0.256. The van der Waals surface area contributed by atoms with Crippen LogP contribution in [0.4, 0.5) is 5.69 Å². The van der Waals surface area contributed by atoms with E-state index in [0.717, 1.165) is 17.9 Å². The number of hydrogen-bond donors (Lipinski definition) is 0. The molecule has 0 bridgehead atoms. The maximum Gasteiger partial charge on any atom is 0.353 e. The minimum absolute atomic E-state index is 0.0609. The van der Waals surface area contributed by atoms with E-state index >= 15 is 0 Å². The lowest BCUT2D eigenvalue weighted by Gasteiger charge is -2.32. The van der Waals surface area contributed by atoms with Crippen molar-refractivity contribution in [2.24, 2.45) is 0 Å². The Hall–Kier alpha value is -2.73. The molecule has 1 saturated heterocycles. The molecule has 0 N–H and O–H groups in total. The summed E-state index contributed by atoms with van der Waals surface area (Å²) in [6.45, 7) is 2.61. The van der Waals surface area contributed by atoms with Crippen LogP contribution in [0, 0.1) is 0 Å². The van der Waals surface area contributed by atoms with Crippen molar-refractivity contribution in [3.8, 4) is 5.75 Å². The molecule has 3 rings (SSSR count). The molecule has 5 nitrogen and oxygen atoms in total. The third-order valence-corrected chi connectivity index (χ3v) is 5.12. The van der Waals surface area contributed by atoms with Crippen LogP contribution in [-0.2, 0) is 14.3 Å². The van der Waals surface area contributed by atoms with Crippen molar-refractivity contribution < 1.29 is 19.1 Å². The van der Waals surface area contributed by atoms with Gasteiger partial charge in [-0.2, -0.15) is 0 Å². The number of rotatable bonds is 5. The van der Waals surface area contributed by atoms with Gasteiger partial charge in [0.05, 0.1) is 11.6 Å². The highest BCUT2D eigenvalue weighted by atomic mass is 32.2. The predicted molar refractivity (Wildman–Crippen MR) is 107 cm³/mol. The van der Waals surface area contributed by atoms with E-state index in [-0.39, 0.29) is 12.2 Å². The van der Waals surface area contributed by atoms with Crippen LogP contribution < -0.4 is 9.64 Å². The molecule has 27 heavy (non-hydrogen) atoms. The summed E-state index contributed by atoms with van der Waals surface area (Å²) >= 11 is 1.47. The van der Waals surface area contributed by atoms with Gasteiger partial charge in [-0.1, -0.05) is 36.4 Å². The molecule has 1 aliphatic rings. The molecule has 140 valence electrons. The molecule has 2 aromatic rings. The first-order valence-electron chi connectivity index (χ1n) is 8.84. The summed E-state index contributed by atoms with van der Waals surface area (Å²) in [5.41, 5.74) is 0.864. The Morgan fingerprint density at radius 3 is 2.33 bits per heavy atom. The largest absolute Gasteiger partial charge is 0.462 e. The van der Waals surface area contributed by atoms with Gasteiger partial charge in [0.15, 0.2) is 5.57 Å². The van der Waals surface area contributed by atoms with E-state index in [1.165, 1.54) is 11.8 Å². The molecular formula is C21H21NO4S. The molecule has 0 radical (unpaired) electrons. The van der Waals surface area contributed by atoms with E-state index in [0.29, 0.717) is 17.3 Å². The molecule has 0 atom stereocenters. The smallest absolute Gasteiger partial charge is 0.353 e. The highest BCUT2D eigenvalue weighted by Crippen LogP contribution is 2.35. The Morgan fingerprint density at radius 1 is 1.00 bits per heavy atom. The summed E-state index contributed by atoms with van der Waals surface area (Å²) in [6.07, 6.45) is 0.951. The van der Waals surface area contributed by atoms with E-state index in [4.69, 9.17) is 9.47 Å². The first-order valence-corrected chi connectivity index (χ1v) is 9.83. The van der Waals surface area contributed by atoms with Crippen LogP contribution in [-0.4, -0.2) is 30.8 Å². The zero-order valence-electron chi connectivity index (χ0n) is 15.1. The van der Waals surface area contributed by atoms with E-state index in [9.17, 15) is 9.59 Å². The molecule has 0 saturated carbocycles. The second kappa shape index (κ2) is 9.28. The van der Waals surface area contributed by atoms with Gasteiger partial charge in [0.25, 0.3) is 0 Å². The average molecular weight is 383 g/mol. The van der Waals surface area contributed by atoms with Crippen molar-refractivity contribution in [1.82, 2.24) is 0 Å². The average Bonchev–Trinajstić information content (AvgIpc) is 2.70. The van der Waals surface area contributed by atoms with Gasteiger partial charge < -0.3 is 14.4 Å². The summed E-state index contributed by atoms with van der Waals surface area (Å²) in [6, 6.07) is 18.4. The van der Waals surface area contributed by atoms with Gasteiger partial charge >= 0.3 is 11.9 Å². The molecule has 1 heterocycles. The van der Waals surface area contributed by atoms with E-state index in [1.54, 1.807) is 31.2 Å². The number of carbonyl (C=O) groups is 2. The standard InChI is InChI=1S/C21H21NO4S/c1-2-25-20(23)18(21(24)26-17-12-7-4-8-13-17)19-22(14-9-15-27-19)16-10-5-3-6-11-16/h3-8,10-13H,2,9,14-15H2,1H3/b19-18-. The van der Waals surface area contributed by atoms with Crippen molar-refractivity contribution in [3.05, 3.63) is 71.3 Å². The van der Waals surface area contributed by atoms with Gasteiger partial charge in [-0.3, -0.25) is 0 Å². The Morgan fingerprint density at radius 2 is 1.67 bits per heavy atom. The van der Waals surface area contributed by atoms with Gasteiger partial charge in [-0.15, -0.1) is 11.8 Å². The first-order chi connectivity index (χ1) is 13.2. The minimum Gasteiger partial charge on any atom is -0.462 e. The van der Waals surface area contributed by atoms with Crippen LogP contribution in [0.1, 0.15) is 13.3 Å². The van der Waals surface area contributed by atoms with Crippen LogP contribution in [0.5, 0.6) is 5.75 Å². The van der Waals surface area contributed by atoms with Crippen molar-refractivity contribution >= 4 is 29.4 Å². The van der Waals surface area contributed by atoms with Crippen molar-refractivity contribution in [1.29, 1.82) is 0 Å². The molecule has 2 aromatic carbocycles. The number of carbonyl (C=O) groups excluding carboxylic acids is 2. The third-order valence-electron chi connectivity index (χ3n) is 3.93. The van der Waals surface area contributed by atoms with Gasteiger partial charge in [0.1, 0.15) is 5.75 Å². The molecular weight excluding hydrogens is 362 g/mol. The maximum atomic E-state index is 12.9. The molecule has 0 aromatic heterocycles. The first kappa shape index (κ1) is 19.0. The van der Waals surface area contributed by atoms with Gasteiger partial charge in [-0.25, -0.2) is 9.59 Å². The zero-order valence-corrected chi connectivity index (χ0v) is 15.9. The molecule has 0 amide bonds. The minimum atomic E-state index is -0.704. The van der Waals surface area contributed by atoms with Gasteiger partial charge in [0, 0.05) is 18.0 Å². The van der Waals surface area contributed by atoms with Gasteiger partial charge in [0.2, 0.25) is 0 Å². The lowest BCUT2D eigenvalue weighted by atomic mass is 10.2. The Kier molecular flexibility index (Phi) is 6.54. The molecule has 0 spiro atoms. The number of nitrogens with zero attached hydrogens (tertiary/aromatic N) is 1. The molecule has 6 heteroatoms. The van der Waals surface area contributed by atoms with Crippen LogP contribution in [0.25, 0.3) is 0 Å². The normalized spacial score (nSPS) is 15.8. The SMILES string of the molecule is CCOC(=O)/C(C(=O)Oc1ccccc1)=C1/SCCCN1c1ccccc1. The van der Waals surface area contributed by atoms with E-state index in [2.05, 4.69) is 0 Å². The van der Waals surface area contributed by atoms with Crippen LogP contribution in [0.2, 0.25) is 0 Å². The number of benzene rings is 2. The number of ether oxygens (including phenoxy) is 2. The number of thioether (sulfide) groups is 1. The summed E-state index contributed by atoms with van der Waals surface area (Å²) in [4.78, 5) is 27.5. The fraction of sp³-hybridized carbons (Fsp3) is 0.238. The van der Waals surface area contributed by atoms with E-state index in [1.807, 2.05) is 41.3 Å². The summed E-state index contributed by atoms with van der Waals surface area (Å²) in [5, 5.41) is 0.576. The second-order valence-corrected chi connectivity index (χ2v) is 6.88. The second-order valence-electron chi connectivity index (χ2n) is 5.79. The number of para-hydroxylation sites is 2. The highest BCUT2D eigenvalue weighted by molar-refractivity contribution is 8.03. The molecule has 1 fully saturated rings. The molecule has 0 aliphatic carbocycles. The van der Waals surface area contributed by atoms with Crippen molar-refractivity contribution in [2.45, 2.75) is 13.3 Å². The van der Waals surface area contributed by atoms with Gasteiger partial charge in [-0.05, 0) is 37.6 Å². The molecule has 1 aliphatic heterocycles. The maximum absolute atomic E-state index is 12.9. The summed E-state index contributed by atoms with van der Waals surface area (Å²) in [5.74, 6) is -0.161. The van der Waals surface area contributed by atoms with Crippen molar-refractivity contribution in [2.75, 3.05) is 23.8 Å². The fourth-order valence-electron chi connectivity index (χ4n) is 2.74. The van der Waals surface area contributed by atoms with Crippen molar-refractivity contribution in [3.63, 3.8) is 0 Å². The zero-order chi connectivity index (χ0) is 19.1. The topological polar surface area (TPSA) is 55.8 Å². The van der Waals surface area contributed by atoms with Crippen LogP contribution in [0.3, 0.4) is 0 Å². The predicted octanol–water partition coefficient (Wildman–Crippen LogP) is 4.01. The molecule has 0 unspecified atom stereocenters. The number of hydrogen-bond acceptors (Lipinski definition) is 6. The van der Waals surface area contributed by atoms with E-state index < -0.39 is 11.9 Å². The Bertz CT molecular complexity index is 821. The summed E-state index contributed by atoms with van der Waals surface area (Å²) in [7, 11) is 0. The third kappa shape index (κ3) is 4.71. The van der Waals surface area contributed by atoms with Crippen LogP contribution in [0.15, 0.2) is 71.3 Å². The monoisotopic (exact) mass is 383 g/mol. The summed E-state index contributed by atoms with van der Waals surface area (Å²) < 4.78 is 10.6. The number of anilines is 1. The lowest BCUT2D eigenvalue weighted by Crippen LogP contribution is -2.33. The Balaban J connectivity index is 2.00. The lowest BCUT2D eigenvalue weighted by molar-refractivity contribution is -0.143. The van der Waals surface area contributed by atoms with Crippen LogP contribution >= 0.6 is 11.8 Å². The fourth-order valence-corrected chi connectivity index (χ4v) is 3.87. The highest BCUT2D eigenvalue weighted by Gasteiger charge is 2.32. The number of esters is 2.